The van der Waals surface area contributed by atoms with Crippen molar-refractivity contribution in [3.63, 3.8) is 0 Å². The van der Waals surface area contributed by atoms with Crippen LogP contribution in [0.5, 0.6) is 0 Å². The van der Waals surface area contributed by atoms with Crippen molar-refractivity contribution in [2.75, 3.05) is 0 Å². The highest BCUT2D eigenvalue weighted by Gasteiger charge is 2.07. The van der Waals surface area contributed by atoms with Gasteiger partial charge in [0.1, 0.15) is 11.5 Å². The minimum atomic E-state index is -0.292. The van der Waals surface area contributed by atoms with Crippen molar-refractivity contribution in [3.8, 4) is 22.8 Å². The van der Waals surface area contributed by atoms with E-state index in [1.807, 2.05) is 6.07 Å². The number of aromatic nitrogens is 5. The molecule has 0 radical (unpaired) electrons. The highest BCUT2D eigenvalue weighted by molar-refractivity contribution is 5.62. The minimum absolute atomic E-state index is 0.292. The van der Waals surface area contributed by atoms with Gasteiger partial charge in [0, 0.05) is 5.56 Å². The molecule has 0 amide bonds. The van der Waals surface area contributed by atoms with Crippen molar-refractivity contribution >= 4 is 0 Å². The Morgan fingerprint density at radius 2 is 1.83 bits per heavy atom. The normalized spacial score (nSPS) is 10.5. The van der Waals surface area contributed by atoms with E-state index in [1.54, 1.807) is 24.3 Å². The number of nitrogens with zero attached hydrogens (tertiary/aromatic N) is 4. The Labute approximate surface area is 102 Å². The van der Waals surface area contributed by atoms with Crippen LogP contribution in [0.4, 0.5) is 4.39 Å². The van der Waals surface area contributed by atoms with Crippen LogP contribution in [0.2, 0.25) is 0 Å². The molecule has 3 rings (SSSR count). The third-order valence-corrected chi connectivity index (χ3v) is 2.44. The van der Waals surface area contributed by atoms with Gasteiger partial charge in [0.25, 0.3) is 0 Å². The third kappa shape index (κ3) is 1.95. The standard InChI is InChI=1S/C12H8FN5/c13-9-4-1-3-8(7-9)10-5-2-6-11(14-10)12-15-17-18-16-12/h1-7H,(H,15,16,17,18). The number of nitrogens with one attached hydrogen (secondary N) is 1. The molecule has 6 heteroatoms. The fourth-order valence-corrected chi connectivity index (χ4v) is 1.64. The summed E-state index contributed by atoms with van der Waals surface area (Å²) in [5.41, 5.74) is 1.96. The first kappa shape index (κ1) is 10.5. The van der Waals surface area contributed by atoms with Gasteiger partial charge in [0.05, 0.1) is 5.69 Å². The molecule has 18 heavy (non-hydrogen) atoms. The molecule has 0 spiro atoms. The van der Waals surface area contributed by atoms with Gasteiger partial charge in [-0.3, -0.25) is 0 Å². The number of H-pyrrole nitrogens is 1. The van der Waals surface area contributed by atoms with Crippen LogP contribution in [0.1, 0.15) is 0 Å². The molecule has 3 aromatic rings. The molecule has 0 fully saturated rings. The molecular weight excluding hydrogens is 233 g/mol. The van der Waals surface area contributed by atoms with E-state index in [1.165, 1.54) is 12.1 Å². The van der Waals surface area contributed by atoms with Crippen LogP contribution < -0.4 is 0 Å². The molecule has 0 saturated heterocycles. The van der Waals surface area contributed by atoms with Crippen LogP contribution in [-0.2, 0) is 0 Å². The van der Waals surface area contributed by atoms with Crippen molar-refractivity contribution in [2.45, 2.75) is 0 Å². The van der Waals surface area contributed by atoms with Crippen LogP contribution in [0, 0.1) is 5.82 Å². The highest BCUT2D eigenvalue weighted by Crippen LogP contribution is 2.20. The molecule has 0 unspecified atom stereocenters. The Morgan fingerprint density at radius 1 is 1.00 bits per heavy atom. The van der Waals surface area contributed by atoms with Crippen LogP contribution in [0.3, 0.4) is 0 Å². The zero-order chi connectivity index (χ0) is 12.4. The van der Waals surface area contributed by atoms with E-state index in [9.17, 15) is 4.39 Å². The predicted molar refractivity (Wildman–Crippen MR) is 62.8 cm³/mol. The molecule has 0 atom stereocenters. The summed E-state index contributed by atoms with van der Waals surface area (Å²) in [4.78, 5) is 4.37. The number of benzene rings is 1. The summed E-state index contributed by atoms with van der Waals surface area (Å²) < 4.78 is 13.2. The average molecular weight is 241 g/mol. The Bertz CT molecular complexity index is 666. The van der Waals surface area contributed by atoms with Gasteiger partial charge in [-0.1, -0.05) is 18.2 Å². The van der Waals surface area contributed by atoms with Gasteiger partial charge < -0.3 is 0 Å². The summed E-state index contributed by atoms with van der Waals surface area (Å²) in [6.07, 6.45) is 0. The number of hydrogen-bond donors (Lipinski definition) is 1. The van der Waals surface area contributed by atoms with Gasteiger partial charge in [-0.05, 0) is 29.5 Å². The molecule has 88 valence electrons. The Kier molecular flexibility index (Phi) is 2.53. The van der Waals surface area contributed by atoms with Gasteiger partial charge in [0.2, 0.25) is 5.82 Å². The minimum Gasteiger partial charge on any atom is -0.244 e. The quantitative estimate of drug-likeness (QED) is 0.745. The maximum Gasteiger partial charge on any atom is 0.222 e. The Morgan fingerprint density at radius 3 is 2.61 bits per heavy atom. The summed E-state index contributed by atoms with van der Waals surface area (Å²) in [6, 6.07) is 11.7. The maximum atomic E-state index is 13.2. The van der Waals surface area contributed by atoms with Gasteiger partial charge in [-0.2, -0.15) is 5.21 Å². The average Bonchev–Trinajstić information content (AvgIpc) is 2.93. The number of pyridine rings is 1. The van der Waals surface area contributed by atoms with Crippen molar-refractivity contribution in [1.82, 2.24) is 25.6 Å². The number of halogens is 1. The molecule has 0 aliphatic carbocycles. The first-order valence-electron chi connectivity index (χ1n) is 5.30. The van der Waals surface area contributed by atoms with Crippen molar-refractivity contribution < 1.29 is 4.39 Å². The van der Waals surface area contributed by atoms with Gasteiger partial charge in [0.15, 0.2) is 0 Å². The molecule has 1 aromatic carbocycles. The summed E-state index contributed by atoms with van der Waals surface area (Å²) in [6.45, 7) is 0. The van der Waals surface area contributed by atoms with E-state index in [0.717, 1.165) is 0 Å². The molecule has 0 aliphatic heterocycles. The largest absolute Gasteiger partial charge is 0.244 e. The zero-order valence-corrected chi connectivity index (χ0v) is 9.21. The van der Waals surface area contributed by atoms with Gasteiger partial charge in [-0.25, -0.2) is 9.37 Å². The monoisotopic (exact) mass is 241 g/mol. The molecule has 0 saturated carbocycles. The van der Waals surface area contributed by atoms with Crippen molar-refractivity contribution in [2.24, 2.45) is 0 Å². The smallest absolute Gasteiger partial charge is 0.222 e. The Hall–Kier alpha value is -2.63. The second-order valence-corrected chi connectivity index (χ2v) is 3.65. The topological polar surface area (TPSA) is 67.3 Å². The van der Waals surface area contributed by atoms with E-state index >= 15 is 0 Å². The number of hydrogen-bond acceptors (Lipinski definition) is 4. The van der Waals surface area contributed by atoms with E-state index in [4.69, 9.17) is 0 Å². The second kappa shape index (κ2) is 4.33. The molecular formula is C12H8FN5. The molecule has 2 heterocycles. The molecule has 0 aliphatic rings. The van der Waals surface area contributed by atoms with Crippen molar-refractivity contribution in [3.05, 3.63) is 48.3 Å². The zero-order valence-electron chi connectivity index (χ0n) is 9.21. The fraction of sp³-hybridized carbons (Fsp3) is 0. The lowest BCUT2D eigenvalue weighted by Crippen LogP contribution is -1.90. The lowest BCUT2D eigenvalue weighted by Gasteiger charge is -2.02. The SMILES string of the molecule is Fc1cccc(-c2cccc(-c3nn[nH]n3)n2)c1. The number of aromatic amines is 1. The van der Waals surface area contributed by atoms with E-state index in [2.05, 4.69) is 25.6 Å². The molecule has 5 nitrogen and oxygen atoms in total. The number of tetrazole rings is 1. The van der Waals surface area contributed by atoms with Crippen LogP contribution >= 0.6 is 0 Å². The first-order valence-corrected chi connectivity index (χ1v) is 5.30. The van der Waals surface area contributed by atoms with E-state index < -0.39 is 0 Å². The maximum absolute atomic E-state index is 13.2. The molecule has 2 aromatic heterocycles. The van der Waals surface area contributed by atoms with Crippen molar-refractivity contribution in [1.29, 1.82) is 0 Å². The lowest BCUT2D eigenvalue weighted by molar-refractivity contribution is 0.628. The molecule has 0 bridgehead atoms. The highest BCUT2D eigenvalue weighted by atomic mass is 19.1. The lowest BCUT2D eigenvalue weighted by atomic mass is 10.1. The van der Waals surface area contributed by atoms with Gasteiger partial charge in [-0.15, -0.1) is 10.2 Å². The summed E-state index contributed by atoms with van der Waals surface area (Å²) >= 11 is 0. The summed E-state index contributed by atoms with van der Waals surface area (Å²) in [5.74, 6) is 0.118. The predicted octanol–water partition coefficient (Wildman–Crippen LogP) is 2.07. The molecule has 1 N–H and O–H groups in total. The summed E-state index contributed by atoms with van der Waals surface area (Å²) in [7, 11) is 0. The van der Waals surface area contributed by atoms with Crippen LogP contribution in [0.25, 0.3) is 22.8 Å². The number of rotatable bonds is 2. The van der Waals surface area contributed by atoms with Gasteiger partial charge >= 0.3 is 0 Å². The summed E-state index contributed by atoms with van der Waals surface area (Å²) in [5, 5.41) is 13.6. The second-order valence-electron chi connectivity index (χ2n) is 3.65. The Balaban J connectivity index is 2.06. The van der Waals surface area contributed by atoms with E-state index in [-0.39, 0.29) is 5.82 Å². The van der Waals surface area contributed by atoms with Crippen LogP contribution in [0.15, 0.2) is 42.5 Å². The van der Waals surface area contributed by atoms with E-state index in [0.29, 0.717) is 22.8 Å². The first-order chi connectivity index (χ1) is 8.83. The van der Waals surface area contributed by atoms with Crippen LogP contribution in [-0.4, -0.2) is 25.6 Å². The third-order valence-electron chi connectivity index (χ3n) is 2.44. The fourth-order valence-electron chi connectivity index (χ4n) is 1.64.